The van der Waals surface area contributed by atoms with E-state index in [9.17, 15) is 8.42 Å². The van der Waals surface area contributed by atoms with E-state index in [1.165, 1.54) is 0 Å². The van der Waals surface area contributed by atoms with Gasteiger partial charge in [0.15, 0.2) is 5.76 Å². The van der Waals surface area contributed by atoms with Crippen LogP contribution in [0.1, 0.15) is 22.4 Å². The van der Waals surface area contributed by atoms with Crippen molar-refractivity contribution in [3.8, 4) is 0 Å². The first kappa shape index (κ1) is 16.2. The van der Waals surface area contributed by atoms with Gasteiger partial charge in [-0.25, -0.2) is 13.1 Å². The summed E-state index contributed by atoms with van der Waals surface area (Å²) < 4.78 is 32.4. The molecule has 0 saturated carbocycles. The molecule has 8 heteroatoms. The van der Waals surface area contributed by atoms with Gasteiger partial charge in [0, 0.05) is 11.4 Å². The lowest BCUT2D eigenvalue weighted by Crippen LogP contribution is -2.34. The van der Waals surface area contributed by atoms with E-state index in [1.807, 2.05) is 36.5 Å². The van der Waals surface area contributed by atoms with Crippen LogP contribution in [0, 0.1) is 13.8 Å². The number of aromatic nitrogens is 1. The Morgan fingerprint density at radius 3 is 2.62 bits per heavy atom. The molecular formula is C13H19N3O3S2. The number of thiophene rings is 1. The van der Waals surface area contributed by atoms with E-state index in [4.69, 9.17) is 4.52 Å². The molecule has 6 nitrogen and oxygen atoms in total. The van der Waals surface area contributed by atoms with Gasteiger partial charge in [0.25, 0.3) is 0 Å². The van der Waals surface area contributed by atoms with Crippen molar-refractivity contribution < 1.29 is 12.9 Å². The van der Waals surface area contributed by atoms with Gasteiger partial charge in [0.05, 0.1) is 6.04 Å². The Labute approximate surface area is 128 Å². The average Bonchev–Trinajstić information content (AvgIpc) is 2.99. The summed E-state index contributed by atoms with van der Waals surface area (Å²) in [5.41, 5.74) is 0.373. The maximum atomic E-state index is 12.4. The minimum atomic E-state index is -3.63. The second-order valence-electron chi connectivity index (χ2n) is 5.00. The van der Waals surface area contributed by atoms with Crippen LogP contribution < -0.4 is 4.72 Å². The summed E-state index contributed by atoms with van der Waals surface area (Å²) in [6.45, 7) is 3.50. The predicted octanol–water partition coefficient (Wildman–Crippen LogP) is 1.93. The molecule has 0 radical (unpaired) electrons. The second kappa shape index (κ2) is 6.27. The van der Waals surface area contributed by atoms with Gasteiger partial charge in [0.2, 0.25) is 10.0 Å². The van der Waals surface area contributed by atoms with Crippen LogP contribution in [0.5, 0.6) is 0 Å². The van der Waals surface area contributed by atoms with E-state index in [1.54, 1.807) is 25.2 Å². The van der Waals surface area contributed by atoms with E-state index < -0.39 is 10.0 Å². The Balaban J connectivity index is 2.18. The first-order valence-electron chi connectivity index (χ1n) is 6.45. The third-order valence-corrected chi connectivity index (χ3v) is 5.84. The molecule has 0 aliphatic rings. The number of likely N-dealkylation sites (N-methyl/N-ethyl adjacent to an activating group) is 1. The molecule has 0 amide bonds. The van der Waals surface area contributed by atoms with Crippen molar-refractivity contribution in [3.63, 3.8) is 0 Å². The zero-order valence-corrected chi connectivity index (χ0v) is 14.1. The fraction of sp³-hybridized carbons (Fsp3) is 0.462. The molecule has 1 N–H and O–H groups in total. The van der Waals surface area contributed by atoms with Crippen LogP contribution in [0.3, 0.4) is 0 Å². The maximum absolute atomic E-state index is 12.4. The maximum Gasteiger partial charge on any atom is 0.246 e. The lowest BCUT2D eigenvalue weighted by atomic mass is 10.2. The molecule has 0 fully saturated rings. The number of aryl methyl sites for hydroxylation is 2. The minimum Gasteiger partial charge on any atom is -0.360 e. The van der Waals surface area contributed by atoms with Crippen molar-refractivity contribution in [3.05, 3.63) is 33.8 Å². The third-order valence-electron chi connectivity index (χ3n) is 3.20. The molecule has 0 saturated heterocycles. The Hall–Kier alpha value is -1.22. The highest BCUT2D eigenvalue weighted by Crippen LogP contribution is 2.24. The normalized spacial score (nSPS) is 13.8. The van der Waals surface area contributed by atoms with Crippen molar-refractivity contribution in [2.24, 2.45) is 0 Å². The lowest BCUT2D eigenvalue weighted by Gasteiger charge is -2.23. The molecule has 2 rings (SSSR count). The lowest BCUT2D eigenvalue weighted by molar-refractivity contribution is 0.303. The van der Waals surface area contributed by atoms with Crippen molar-refractivity contribution in [1.29, 1.82) is 0 Å². The van der Waals surface area contributed by atoms with Crippen LogP contribution in [0.4, 0.5) is 0 Å². The van der Waals surface area contributed by atoms with Gasteiger partial charge >= 0.3 is 0 Å². The zero-order valence-electron chi connectivity index (χ0n) is 12.5. The Kier molecular flexibility index (Phi) is 4.82. The summed E-state index contributed by atoms with van der Waals surface area (Å²) >= 11 is 1.61. The highest BCUT2D eigenvalue weighted by atomic mass is 32.2. The van der Waals surface area contributed by atoms with Crippen molar-refractivity contribution in [2.45, 2.75) is 24.8 Å². The first-order valence-corrected chi connectivity index (χ1v) is 8.81. The molecule has 2 aromatic heterocycles. The number of rotatable bonds is 6. The molecule has 0 unspecified atom stereocenters. The van der Waals surface area contributed by atoms with Crippen molar-refractivity contribution >= 4 is 21.4 Å². The smallest absolute Gasteiger partial charge is 0.246 e. The molecule has 0 aliphatic heterocycles. The Morgan fingerprint density at radius 2 is 2.14 bits per heavy atom. The second-order valence-corrected chi connectivity index (χ2v) is 7.68. The summed E-state index contributed by atoms with van der Waals surface area (Å²) in [4.78, 5) is 3.23. The van der Waals surface area contributed by atoms with Gasteiger partial charge in [-0.15, -0.1) is 11.3 Å². The van der Waals surface area contributed by atoms with Crippen LogP contribution in [-0.4, -0.2) is 39.1 Å². The zero-order chi connectivity index (χ0) is 15.6. The standard InChI is InChI=1S/C13H19N3O3S2/c1-9-13(10(2)19-15-9)21(17,18)14-8-11(16(3)4)12-6-5-7-20-12/h5-7,11,14H,8H2,1-4H3/t11-/m1/s1. The van der Waals surface area contributed by atoms with E-state index >= 15 is 0 Å². The van der Waals surface area contributed by atoms with Crippen LogP contribution in [0.15, 0.2) is 26.9 Å². The highest BCUT2D eigenvalue weighted by Gasteiger charge is 2.26. The SMILES string of the molecule is Cc1noc(C)c1S(=O)(=O)NC[C@H](c1cccs1)N(C)C. The minimum absolute atomic E-state index is 0.0137. The molecule has 21 heavy (non-hydrogen) atoms. The van der Waals surface area contributed by atoms with E-state index in [2.05, 4.69) is 9.88 Å². The van der Waals surface area contributed by atoms with Gasteiger partial charge in [-0.2, -0.15) is 0 Å². The van der Waals surface area contributed by atoms with Crippen molar-refractivity contribution in [1.82, 2.24) is 14.8 Å². The van der Waals surface area contributed by atoms with Crippen molar-refractivity contribution in [2.75, 3.05) is 20.6 Å². The number of hydrogen-bond acceptors (Lipinski definition) is 6. The van der Waals surface area contributed by atoms with Gasteiger partial charge < -0.3 is 9.42 Å². The molecule has 1 atom stereocenters. The topological polar surface area (TPSA) is 75.4 Å². The molecule has 2 heterocycles. The monoisotopic (exact) mass is 329 g/mol. The first-order chi connectivity index (χ1) is 9.83. The molecule has 0 spiro atoms. The summed E-state index contributed by atoms with van der Waals surface area (Å²) in [6.07, 6.45) is 0. The Morgan fingerprint density at radius 1 is 1.43 bits per heavy atom. The van der Waals surface area contributed by atoms with Gasteiger partial charge in [-0.05, 0) is 39.4 Å². The highest BCUT2D eigenvalue weighted by molar-refractivity contribution is 7.89. The van der Waals surface area contributed by atoms with E-state index in [0.29, 0.717) is 18.0 Å². The van der Waals surface area contributed by atoms with E-state index in [-0.39, 0.29) is 10.9 Å². The fourth-order valence-corrected chi connectivity index (χ4v) is 4.42. The van der Waals surface area contributed by atoms with Crippen LogP contribution >= 0.6 is 11.3 Å². The van der Waals surface area contributed by atoms with E-state index in [0.717, 1.165) is 4.88 Å². The largest absolute Gasteiger partial charge is 0.360 e. The quantitative estimate of drug-likeness (QED) is 0.876. The Bertz CT molecular complexity index is 671. The fourth-order valence-electron chi connectivity index (χ4n) is 2.14. The van der Waals surface area contributed by atoms with Gasteiger partial charge in [-0.3, -0.25) is 0 Å². The van der Waals surface area contributed by atoms with Crippen LogP contribution in [0.25, 0.3) is 0 Å². The molecular weight excluding hydrogens is 310 g/mol. The molecule has 116 valence electrons. The number of hydrogen-bond donors (Lipinski definition) is 1. The molecule has 0 bridgehead atoms. The predicted molar refractivity (Wildman–Crippen MR) is 81.9 cm³/mol. The molecule has 0 aliphatic carbocycles. The summed E-state index contributed by atoms with van der Waals surface area (Å²) in [5, 5.41) is 5.67. The van der Waals surface area contributed by atoms with Crippen LogP contribution in [0.2, 0.25) is 0 Å². The third kappa shape index (κ3) is 3.52. The number of sulfonamides is 1. The number of nitrogens with one attached hydrogen (secondary N) is 1. The average molecular weight is 329 g/mol. The van der Waals surface area contributed by atoms with Gasteiger partial charge in [-0.1, -0.05) is 11.2 Å². The number of nitrogens with zero attached hydrogens (tertiary/aromatic N) is 2. The summed E-state index contributed by atoms with van der Waals surface area (Å²) in [7, 11) is 0.224. The molecule has 2 aromatic rings. The summed E-state index contributed by atoms with van der Waals surface area (Å²) in [5.74, 6) is 0.303. The summed E-state index contributed by atoms with van der Waals surface area (Å²) in [6, 6.07) is 3.94. The molecule has 0 aromatic carbocycles. The van der Waals surface area contributed by atoms with Crippen LogP contribution in [-0.2, 0) is 10.0 Å². The van der Waals surface area contributed by atoms with Gasteiger partial charge in [0.1, 0.15) is 10.6 Å².